The van der Waals surface area contributed by atoms with Crippen LogP contribution in [-0.2, 0) is 6.42 Å². The Bertz CT molecular complexity index is 483. The Balaban J connectivity index is 2.36. The van der Waals surface area contributed by atoms with Gasteiger partial charge in [-0.25, -0.2) is 0 Å². The fourth-order valence-electron chi connectivity index (χ4n) is 2.60. The second kappa shape index (κ2) is 5.90. The molecular formula is C14H19BrN2O2. The highest BCUT2D eigenvalue weighted by Gasteiger charge is 2.22. The van der Waals surface area contributed by atoms with Gasteiger partial charge in [0.25, 0.3) is 5.69 Å². The SMILES string of the molecule is CCc1cc([N+](=O)[O-])cc(Br)c1N1CCC(C)CC1. The van der Waals surface area contributed by atoms with Gasteiger partial charge in [-0.2, -0.15) is 0 Å². The Hall–Kier alpha value is -1.10. The van der Waals surface area contributed by atoms with E-state index in [0.29, 0.717) is 0 Å². The van der Waals surface area contributed by atoms with Crippen LogP contribution in [0.3, 0.4) is 0 Å². The zero-order valence-corrected chi connectivity index (χ0v) is 12.9. The molecule has 1 fully saturated rings. The number of nitrogens with zero attached hydrogens (tertiary/aromatic N) is 2. The molecular weight excluding hydrogens is 308 g/mol. The van der Waals surface area contributed by atoms with Gasteiger partial charge in [0, 0.05) is 29.7 Å². The lowest BCUT2D eigenvalue weighted by Crippen LogP contribution is -2.33. The highest BCUT2D eigenvalue weighted by Crippen LogP contribution is 2.36. The molecule has 104 valence electrons. The molecule has 1 heterocycles. The zero-order chi connectivity index (χ0) is 14.0. The number of hydrogen-bond acceptors (Lipinski definition) is 3. The summed E-state index contributed by atoms with van der Waals surface area (Å²) in [6.45, 7) is 6.39. The van der Waals surface area contributed by atoms with Crippen LogP contribution in [-0.4, -0.2) is 18.0 Å². The molecule has 0 unspecified atom stereocenters. The second-order valence-corrected chi connectivity index (χ2v) is 6.07. The van der Waals surface area contributed by atoms with Crippen molar-refractivity contribution in [3.05, 3.63) is 32.3 Å². The lowest BCUT2D eigenvalue weighted by molar-refractivity contribution is -0.385. The fraction of sp³-hybridized carbons (Fsp3) is 0.571. The Morgan fingerprint density at radius 3 is 2.58 bits per heavy atom. The van der Waals surface area contributed by atoms with Crippen LogP contribution in [0.1, 0.15) is 32.3 Å². The summed E-state index contributed by atoms with van der Waals surface area (Å²) in [5.74, 6) is 0.776. The van der Waals surface area contributed by atoms with E-state index in [0.717, 1.165) is 41.2 Å². The number of nitro benzene ring substituents is 1. The quantitative estimate of drug-likeness (QED) is 0.619. The van der Waals surface area contributed by atoms with Gasteiger partial charge in [-0.05, 0) is 46.7 Å². The van der Waals surface area contributed by atoms with Crippen LogP contribution in [0.4, 0.5) is 11.4 Å². The Labute approximate surface area is 122 Å². The normalized spacial score (nSPS) is 16.7. The summed E-state index contributed by atoms with van der Waals surface area (Å²) in [7, 11) is 0. The summed E-state index contributed by atoms with van der Waals surface area (Å²) in [4.78, 5) is 12.9. The summed E-state index contributed by atoms with van der Waals surface area (Å²) < 4.78 is 0.841. The third-order valence-electron chi connectivity index (χ3n) is 3.82. The minimum Gasteiger partial charge on any atom is -0.370 e. The van der Waals surface area contributed by atoms with Gasteiger partial charge in [-0.1, -0.05) is 13.8 Å². The van der Waals surface area contributed by atoms with E-state index in [1.54, 1.807) is 12.1 Å². The molecule has 1 aliphatic rings. The zero-order valence-electron chi connectivity index (χ0n) is 11.4. The molecule has 1 saturated heterocycles. The van der Waals surface area contributed by atoms with Crippen LogP contribution in [0.25, 0.3) is 0 Å². The van der Waals surface area contributed by atoms with E-state index < -0.39 is 0 Å². The van der Waals surface area contributed by atoms with Crippen molar-refractivity contribution in [3.63, 3.8) is 0 Å². The van der Waals surface area contributed by atoms with E-state index in [9.17, 15) is 10.1 Å². The van der Waals surface area contributed by atoms with E-state index in [2.05, 4.69) is 27.8 Å². The van der Waals surface area contributed by atoms with Gasteiger partial charge in [0.05, 0.1) is 10.6 Å². The average molecular weight is 327 g/mol. The van der Waals surface area contributed by atoms with Crippen molar-refractivity contribution < 1.29 is 4.92 Å². The molecule has 2 rings (SSSR count). The van der Waals surface area contributed by atoms with Gasteiger partial charge in [0.2, 0.25) is 0 Å². The number of nitro groups is 1. The molecule has 0 atom stereocenters. The maximum Gasteiger partial charge on any atom is 0.270 e. The van der Waals surface area contributed by atoms with E-state index in [-0.39, 0.29) is 10.6 Å². The van der Waals surface area contributed by atoms with E-state index in [1.165, 1.54) is 12.8 Å². The molecule has 1 aliphatic heterocycles. The Morgan fingerprint density at radius 1 is 1.42 bits per heavy atom. The molecule has 0 radical (unpaired) electrons. The molecule has 19 heavy (non-hydrogen) atoms. The number of aryl methyl sites for hydroxylation is 1. The number of halogens is 1. The Kier molecular flexibility index (Phi) is 4.45. The van der Waals surface area contributed by atoms with Gasteiger partial charge < -0.3 is 4.90 Å². The van der Waals surface area contributed by atoms with E-state index >= 15 is 0 Å². The van der Waals surface area contributed by atoms with Crippen LogP contribution < -0.4 is 4.90 Å². The topological polar surface area (TPSA) is 46.4 Å². The number of anilines is 1. The van der Waals surface area contributed by atoms with Gasteiger partial charge in [0.15, 0.2) is 0 Å². The molecule has 5 heteroatoms. The van der Waals surface area contributed by atoms with E-state index in [4.69, 9.17) is 0 Å². The molecule has 0 amide bonds. The summed E-state index contributed by atoms with van der Waals surface area (Å²) in [5.41, 5.74) is 2.36. The van der Waals surface area contributed by atoms with Crippen LogP contribution in [0.2, 0.25) is 0 Å². The fourth-order valence-corrected chi connectivity index (χ4v) is 3.34. The molecule has 0 saturated carbocycles. The highest BCUT2D eigenvalue weighted by molar-refractivity contribution is 9.10. The number of non-ortho nitro benzene ring substituents is 1. The van der Waals surface area contributed by atoms with Gasteiger partial charge in [-0.15, -0.1) is 0 Å². The van der Waals surface area contributed by atoms with Crippen molar-refractivity contribution in [2.75, 3.05) is 18.0 Å². The third kappa shape index (κ3) is 3.08. The first kappa shape index (κ1) is 14.3. The minimum absolute atomic E-state index is 0.165. The first-order valence-electron chi connectivity index (χ1n) is 6.74. The lowest BCUT2D eigenvalue weighted by atomic mass is 9.97. The molecule has 0 aliphatic carbocycles. The Morgan fingerprint density at radius 2 is 2.05 bits per heavy atom. The van der Waals surface area contributed by atoms with Gasteiger partial charge in [0.1, 0.15) is 0 Å². The van der Waals surface area contributed by atoms with Crippen molar-refractivity contribution in [1.82, 2.24) is 0 Å². The standard InChI is InChI=1S/C14H19BrN2O2/c1-3-11-8-12(17(18)19)9-13(15)14(11)16-6-4-10(2)5-7-16/h8-10H,3-7H2,1-2H3. The first-order chi connectivity index (χ1) is 9.02. The molecule has 0 aromatic heterocycles. The number of piperidine rings is 1. The monoisotopic (exact) mass is 326 g/mol. The van der Waals surface area contributed by atoms with Gasteiger partial charge >= 0.3 is 0 Å². The number of rotatable bonds is 3. The van der Waals surface area contributed by atoms with Crippen molar-refractivity contribution in [2.45, 2.75) is 33.1 Å². The van der Waals surface area contributed by atoms with Crippen molar-refractivity contribution in [3.8, 4) is 0 Å². The molecule has 0 spiro atoms. The summed E-state index contributed by atoms with van der Waals surface area (Å²) in [6.07, 6.45) is 3.18. The van der Waals surface area contributed by atoms with Crippen molar-refractivity contribution in [2.24, 2.45) is 5.92 Å². The van der Waals surface area contributed by atoms with Crippen LogP contribution in [0, 0.1) is 16.0 Å². The van der Waals surface area contributed by atoms with Crippen LogP contribution in [0.15, 0.2) is 16.6 Å². The van der Waals surface area contributed by atoms with Crippen LogP contribution >= 0.6 is 15.9 Å². The predicted molar refractivity (Wildman–Crippen MR) is 80.8 cm³/mol. The molecule has 0 N–H and O–H groups in total. The van der Waals surface area contributed by atoms with Crippen molar-refractivity contribution in [1.29, 1.82) is 0 Å². The summed E-state index contributed by atoms with van der Waals surface area (Å²) >= 11 is 3.51. The average Bonchev–Trinajstić information content (AvgIpc) is 2.39. The first-order valence-corrected chi connectivity index (χ1v) is 7.54. The lowest BCUT2D eigenvalue weighted by Gasteiger charge is -2.34. The molecule has 1 aromatic carbocycles. The molecule has 1 aromatic rings. The minimum atomic E-state index is -0.327. The van der Waals surface area contributed by atoms with E-state index in [1.807, 2.05) is 6.92 Å². The maximum atomic E-state index is 10.9. The third-order valence-corrected chi connectivity index (χ3v) is 4.42. The number of benzene rings is 1. The van der Waals surface area contributed by atoms with Crippen LogP contribution in [0.5, 0.6) is 0 Å². The summed E-state index contributed by atoms with van der Waals surface area (Å²) in [5, 5.41) is 10.9. The second-order valence-electron chi connectivity index (χ2n) is 5.22. The summed E-state index contributed by atoms with van der Waals surface area (Å²) in [6, 6.07) is 3.32. The van der Waals surface area contributed by atoms with Crippen molar-refractivity contribution >= 4 is 27.3 Å². The van der Waals surface area contributed by atoms with Gasteiger partial charge in [-0.3, -0.25) is 10.1 Å². The smallest absolute Gasteiger partial charge is 0.270 e. The molecule has 0 bridgehead atoms. The number of hydrogen-bond donors (Lipinski definition) is 0. The maximum absolute atomic E-state index is 10.9. The largest absolute Gasteiger partial charge is 0.370 e. The predicted octanol–water partition coefficient (Wildman–Crippen LogP) is 4.16. The molecule has 4 nitrogen and oxygen atoms in total. The highest BCUT2D eigenvalue weighted by atomic mass is 79.9.